The van der Waals surface area contributed by atoms with Crippen LogP contribution in [0.15, 0.2) is 36.4 Å². The second kappa shape index (κ2) is 8.70. The average molecular weight is 371 g/mol. The third-order valence-corrected chi connectivity index (χ3v) is 4.08. The zero-order valence-electron chi connectivity index (χ0n) is 16.7. The Morgan fingerprint density at radius 2 is 1.81 bits per heavy atom. The molecule has 1 aromatic carbocycles. The van der Waals surface area contributed by atoms with Crippen LogP contribution in [0.3, 0.4) is 0 Å². The van der Waals surface area contributed by atoms with E-state index >= 15 is 0 Å². The Labute approximate surface area is 160 Å². The predicted octanol–water partition coefficient (Wildman–Crippen LogP) is 3.16. The number of carbonyl (C=O) groups excluding carboxylic acids is 2. The van der Waals surface area contributed by atoms with Gasteiger partial charge in [0.15, 0.2) is 0 Å². The number of carbonyl (C=O) groups is 2. The highest BCUT2D eigenvalue weighted by atomic mass is 16.2. The molecule has 0 atom stereocenters. The van der Waals surface area contributed by atoms with E-state index in [0.717, 1.165) is 11.4 Å². The molecular formula is C20H29N5O2. The molecule has 0 bridgehead atoms. The van der Waals surface area contributed by atoms with Gasteiger partial charge in [0.05, 0.1) is 11.4 Å². The topological polar surface area (TPSA) is 79.3 Å². The van der Waals surface area contributed by atoms with E-state index in [4.69, 9.17) is 0 Å². The molecule has 3 amide bonds. The Hall–Kier alpha value is -2.83. The Kier molecular flexibility index (Phi) is 6.60. The highest BCUT2D eigenvalue weighted by molar-refractivity contribution is 5.94. The van der Waals surface area contributed by atoms with Crippen molar-refractivity contribution in [2.24, 2.45) is 0 Å². The number of benzene rings is 1. The normalized spacial score (nSPS) is 11.1. The Bertz CT molecular complexity index is 777. The number of likely N-dealkylation sites (N-methyl/N-ethyl adjacent to an activating group) is 1. The van der Waals surface area contributed by atoms with E-state index in [1.54, 1.807) is 4.68 Å². The zero-order valence-corrected chi connectivity index (χ0v) is 16.7. The smallest absolute Gasteiger partial charge is 0.317 e. The lowest BCUT2D eigenvalue weighted by molar-refractivity contribution is -0.116. The highest BCUT2D eigenvalue weighted by Gasteiger charge is 2.22. The number of amides is 3. The van der Waals surface area contributed by atoms with Gasteiger partial charge in [-0.2, -0.15) is 5.10 Å². The van der Waals surface area contributed by atoms with E-state index in [2.05, 4.69) is 36.5 Å². The summed E-state index contributed by atoms with van der Waals surface area (Å²) in [7, 11) is 0. The van der Waals surface area contributed by atoms with Crippen LogP contribution < -0.4 is 10.6 Å². The van der Waals surface area contributed by atoms with E-state index in [0.29, 0.717) is 18.9 Å². The van der Waals surface area contributed by atoms with Crippen molar-refractivity contribution in [1.82, 2.24) is 20.0 Å². The monoisotopic (exact) mass is 371 g/mol. The molecule has 0 aliphatic carbocycles. The number of nitrogens with zero attached hydrogens (tertiary/aromatic N) is 3. The number of urea groups is 1. The molecule has 7 heteroatoms. The van der Waals surface area contributed by atoms with Gasteiger partial charge in [0.25, 0.3) is 0 Å². The molecule has 7 nitrogen and oxygen atoms in total. The van der Waals surface area contributed by atoms with Crippen molar-refractivity contribution in [3.8, 4) is 5.69 Å². The minimum absolute atomic E-state index is 0.0207. The van der Waals surface area contributed by atoms with E-state index in [1.165, 1.54) is 4.90 Å². The van der Waals surface area contributed by atoms with Gasteiger partial charge in [-0.1, -0.05) is 39.0 Å². The van der Waals surface area contributed by atoms with Crippen LogP contribution in [-0.2, 0) is 10.2 Å². The Morgan fingerprint density at radius 3 is 2.37 bits per heavy atom. The predicted molar refractivity (Wildman–Crippen MR) is 107 cm³/mol. The first-order valence-corrected chi connectivity index (χ1v) is 9.24. The molecule has 0 saturated heterocycles. The zero-order chi connectivity index (χ0) is 20.0. The fourth-order valence-electron chi connectivity index (χ4n) is 2.55. The summed E-state index contributed by atoms with van der Waals surface area (Å²) in [5.74, 6) is 0.323. The van der Waals surface area contributed by atoms with E-state index in [9.17, 15) is 9.59 Å². The molecular weight excluding hydrogens is 342 g/mol. The van der Waals surface area contributed by atoms with Gasteiger partial charge in [0.2, 0.25) is 5.91 Å². The van der Waals surface area contributed by atoms with Crippen LogP contribution in [0.5, 0.6) is 0 Å². The van der Waals surface area contributed by atoms with E-state index in [-0.39, 0.29) is 23.9 Å². The molecule has 0 saturated carbocycles. The third kappa shape index (κ3) is 5.32. The average Bonchev–Trinajstić information content (AvgIpc) is 3.04. The number of hydrogen-bond donors (Lipinski definition) is 2. The van der Waals surface area contributed by atoms with Gasteiger partial charge in [-0.05, 0) is 26.0 Å². The van der Waals surface area contributed by atoms with Crippen LogP contribution in [0.2, 0.25) is 0 Å². The summed E-state index contributed by atoms with van der Waals surface area (Å²) in [6.45, 7) is 10.9. The first-order valence-electron chi connectivity index (χ1n) is 9.24. The van der Waals surface area contributed by atoms with Crippen molar-refractivity contribution in [2.75, 3.05) is 25.0 Å². The number of nitrogens with one attached hydrogen (secondary N) is 2. The van der Waals surface area contributed by atoms with Gasteiger partial charge in [0, 0.05) is 24.6 Å². The molecule has 1 heterocycles. The van der Waals surface area contributed by atoms with Crippen molar-refractivity contribution >= 4 is 17.8 Å². The quantitative estimate of drug-likeness (QED) is 0.819. The van der Waals surface area contributed by atoms with Crippen molar-refractivity contribution in [3.05, 3.63) is 42.1 Å². The fraction of sp³-hybridized carbons (Fsp3) is 0.450. The molecule has 0 fully saturated rings. The lowest BCUT2D eigenvalue weighted by Gasteiger charge is -2.20. The van der Waals surface area contributed by atoms with Crippen LogP contribution in [0.4, 0.5) is 10.6 Å². The summed E-state index contributed by atoms with van der Waals surface area (Å²) < 4.78 is 1.72. The van der Waals surface area contributed by atoms with Gasteiger partial charge >= 0.3 is 6.03 Å². The first kappa shape index (κ1) is 20.5. The maximum absolute atomic E-state index is 12.6. The van der Waals surface area contributed by atoms with Crippen LogP contribution in [0.25, 0.3) is 5.69 Å². The van der Waals surface area contributed by atoms with Crippen molar-refractivity contribution in [1.29, 1.82) is 0 Å². The molecule has 146 valence electrons. The lowest BCUT2D eigenvalue weighted by atomic mass is 9.92. The maximum atomic E-state index is 12.6. The molecule has 0 aliphatic rings. The second-order valence-electron chi connectivity index (χ2n) is 7.31. The summed E-state index contributed by atoms with van der Waals surface area (Å²) in [6, 6.07) is 11.3. The lowest BCUT2D eigenvalue weighted by Crippen LogP contribution is -2.43. The van der Waals surface area contributed by atoms with E-state index in [1.807, 2.05) is 50.2 Å². The highest BCUT2D eigenvalue weighted by Crippen LogP contribution is 2.26. The summed E-state index contributed by atoms with van der Waals surface area (Å²) in [5, 5.41) is 10.3. The molecule has 0 unspecified atom stereocenters. The summed E-state index contributed by atoms with van der Waals surface area (Å²) >= 11 is 0. The summed E-state index contributed by atoms with van der Waals surface area (Å²) in [5.41, 5.74) is 1.58. The van der Waals surface area contributed by atoms with Crippen LogP contribution in [0, 0.1) is 0 Å². The van der Waals surface area contributed by atoms with Crippen LogP contribution in [0.1, 0.15) is 40.3 Å². The van der Waals surface area contributed by atoms with Gasteiger partial charge in [-0.25, -0.2) is 9.48 Å². The minimum atomic E-state index is -0.263. The number of para-hydroxylation sites is 1. The number of aromatic nitrogens is 2. The Balaban J connectivity index is 2.25. The molecule has 2 rings (SSSR count). The van der Waals surface area contributed by atoms with Crippen LogP contribution >= 0.6 is 0 Å². The van der Waals surface area contributed by atoms with Crippen molar-refractivity contribution < 1.29 is 9.59 Å². The maximum Gasteiger partial charge on any atom is 0.317 e. The molecule has 2 N–H and O–H groups in total. The number of rotatable bonds is 6. The minimum Gasteiger partial charge on any atom is -0.338 e. The molecule has 2 aromatic rings. The van der Waals surface area contributed by atoms with Crippen molar-refractivity contribution in [2.45, 2.75) is 40.0 Å². The largest absolute Gasteiger partial charge is 0.338 e. The summed E-state index contributed by atoms with van der Waals surface area (Å²) in [6.07, 6.45) is 0. The van der Waals surface area contributed by atoms with Crippen molar-refractivity contribution in [3.63, 3.8) is 0 Å². The SMILES string of the molecule is CCNC(=O)N(CC)CC(=O)Nc1cc(C(C)(C)C)nn1-c1ccccc1. The van der Waals surface area contributed by atoms with Gasteiger partial charge in [-0.3, -0.25) is 4.79 Å². The Morgan fingerprint density at radius 1 is 1.15 bits per heavy atom. The van der Waals surface area contributed by atoms with Gasteiger partial charge < -0.3 is 15.5 Å². The summed E-state index contributed by atoms with van der Waals surface area (Å²) in [4.78, 5) is 26.0. The number of anilines is 1. The van der Waals surface area contributed by atoms with Gasteiger partial charge in [0.1, 0.15) is 12.4 Å². The van der Waals surface area contributed by atoms with E-state index < -0.39 is 0 Å². The number of hydrogen-bond acceptors (Lipinski definition) is 3. The molecule has 1 aromatic heterocycles. The molecule has 0 aliphatic heterocycles. The third-order valence-electron chi connectivity index (χ3n) is 4.08. The second-order valence-corrected chi connectivity index (χ2v) is 7.31. The first-order chi connectivity index (χ1) is 12.8. The molecule has 0 spiro atoms. The molecule has 0 radical (unpaired) electrons. The van der Waals surface area contributed by atoms with Gasteiger partial charge in [-0.15, -0.1) is 0 Å². The molecule has 27 heavy (non-hydrogen) atoms. The standard InChI is InChI=1S/C20H29N5O2/c1-6-21-19(27)24(7-2)14-18(26)22-17-13-16(20(3,4)5)23-25(17)15-11-9-8-10-12-15/h8-13H,6-7,14H2,1-5H3,(H,21,27)(H,22,26). The fourth-order valence-corrected chi connectivity index (χ4v) is 2.55. The van der Waals surface area contributed by atoms with Crippen LogP contribution in [-0.4, -0.2) is 46.3 Å².